The second-order valence-corrected chi connectivity index (χ2v) is 5.03. The van der Waals surface area contributed by atoms with E-state index < -0.39 is 6.04 Å². The van der Waals surface area contributed by atoms with Crippen molar-refractivity contribution in [3.05, 3.63) is 12.7 Å². The molecule has 0 heterocycles. The van der Waals surface area contributed by atoms with Gasteiger partial charge in [-0.15, -0.1) is 6.58 Å². The summed E-state index contributed by atoms with van der Waals surface area (Å²) in [5, 5.41) is 0. The van der Waals surface area contributed by atoms with E-state index in [2.05, 4.69) is 6.58 Å². The summed E-state index contributed by atoms with van der Waals surface area (Å²) < 4.78 is 0. The molecule has 1 atom stereocenters. The van der Waals surface area contributed by atoms with Crippen LogP contribution in [0.4, 0.5) is 0 Å². The normalized spacial score (nSPS) is 13.4. The number of likely N-dealkylation sites (N-methyl/N-ethyl adjacent to an activating group) is 1. The fraction of sp³-hybridized carbons (Fsp3) is 0.750. The molecule has 3 nitrogen and oxygen atoms in total. The third-order valence-electron chi connectivity index (χ3n) is 2.48. The van der Waals surface area contributed by atoms with Gasteiger partial charge in [-0.25, -0.2) is 0 Å². The Bertz CT molecular complexity index is 218. The third kappa shape index (κ3) is 4.98. The number of allylic oxidation sites excluding steroid dienone is 1. The monoisotopic (exact) mass is 212 g/mol. The van der Waals surface area contributed by atoms with Crippen LogP contribution in [0.25, 0.3) is 0 Å². The minimum atomic E-state index is -0.425. The molecule has 0 spiro atoms. The molecule has 0 radical (unpaired) electrons. The van der Waals surface area contributed by atoms with Crippen LogP contribution >= 0.6 is 0 Å². The Morgan fingerprint density at radius 1 is 1.53 bits per heavy atom. The fourth-order valence-corrected chi connectivity index (χ4v) is 1.19. The maximum absolute atomic E-state index is 11.9. The number of unbranched alkanes of at least 4 members (excludes halogenated alkanes) is 1. The van der Waals surface area contributed by atoms with Gasteiger partial charge in [-0.3, -0.25) is 4.79 Å². The highest BCUT2D eigenvalue weighted by Crippen LogP contribution is 2.18. The van der Waals surface area contributed by atoms with Crippen molar-refractivity contribution in [3.8, 4) is 0 Å². The number of nitrogens with two attached hydrogens (primary N) is 1. The van der Waals surface area contributed by atoms with E-state index in [0.29, 0.717) is 0 Å². The smallest absolute Gasteiger partial charge is 0.239 e. The number of rotatable bonds is 5. The summed E-state index contributed by atoms with van der Waals surface area (Å²) in [6.07, 6.45) is 3.74. The summed E-state index contributed by atoms with van der Waals surface area (Å²) in [6.45, 7) is 10.3. The zero-order valence-electron chi connectivity index (χ0n) is 10.4. The SMILES string of the molecule is C=CCCCN(C)C(=O)[C@@H](N)C(C)(C)C. The number of hydrogen-bond donors (Lipinski definition) is 1. The third-order valence-corrected chi connectivity index (χ3v) is 2.48. The van der Waals surface area contributed by atoms with Crippen LogP contribution in [-0.2, 0) is 4.79 Å². The van der Waals surface area contributed by atoms with Crippen molar-refractivity contribution in [2.45, 2.75) is 39.7 Å². The first-order valence-corrected chi connectivity index (χ1v) is 5.42. The lowest BCUT2D eigenvalue weighted by Gasteiger charge is -2.29. The van der Waals surface area contributed by atoms with Crippen molar-refractivity contribution in [2.24, 2.45) is 11.1 Å². The molecule has 2 N–H and O–H groups in total. The molecule has 0 saturated carbocycles. The van der Waals surface area contributed by atoms with Crippen LogP contribution in [0.2, 0.25) is 0 Å². The molecule has 0 rings (SSSR count). The minimum absolute atomic E-state index is 0.0200. The Balaban J connectivity index is 4.14. The molecule has 3 heteroatoms. The van der Waals surface area contributed by atoms with Gasteiger partial charge < -0.3 is 10.6 Å². The highest BCUT2D eigenvalue weighted by molar-refractivity contribution is 5.82. The van der Waals surface area contributed by atoms with E-state index in [-0.39, 0.29) is 11.3 Å². The van der Waals surface area contributed by atoms with E-state index >= 15 is 0 Å². The summed E-state index contributed by atoms with van der Waals surface area (Å²) in [5.41, 5.74) is 5.71. The van der Waals surface area contributed by atoms with Gasteiger partial charge in [0.2, 0.25) is 5.91 Å². The van der Waals surface area contributed by atoms with Crippen LogP contribution in [-0.4, -0.2) is 30.4 Å². The van der Waals surface area contributed by atoms with Gasteiger partial charge in [-0.2, -0.15) is 0 Å². The fourth-order valence-electron chi connectivity index (χ4n) is 1.19. The van der Waals surface area contributed by atoms with Crippen molar-refractivity contribution in [1.29, 1.82) is 0 Å². The van der Waals surface area contributed by atoms with Crippen LogP contribution < -0.4 is 5.73 Å². The van der Waals surface area contributed by atoms with Crippen molar-refractivity contribution in [1.82, 2.24) is 4.90 Å². The lowest BCUT2D eigenvalue weighted by atomic mass is 9.86. The first-order valence-electron chi connectivity index (χ1n) is 5.42. The van der Waals surface area contributed by atoms with Gasteiger partial charge in [0.25, 0.3) is 0 Å². The Hall–Kier alpha value is -0.830. The predicted octanol–water partition coefficient (Wildman–Crippen LogP) is 1.78. The predicted molar refractivity (Wildman–Crippen MR) is 64.5 cm³/mol. The van der Waals surface area contributed by atoms with Crippen molar-refractivity contribution < 1.29 is 4.79 Å². The van der Waals surface area contributed by atoms with Crippen LogP contribution in [0, 0.1) is 5.41 Å². The second kappa shape index (κ2) is 5.91. The molecule has 0 aliphatic carbocycles. The van der Waals surface area contributed by atoms with Gasteiger partial charge in [0.1, 0.15) is 0 Å². The zero-order valence-corrected chi connectivity index (χ0v) is 10.4. The number of hydrogen-bond acceptors (Lipinski definition) is 2. The van der Waals surface area contributed by atoms with Gasteiger partial charge >= 0.3 is 0 Å². The molecule has 0 saturated heterocycles. The molecule has 0 aliphatic heterocycles. The molecule has 0 aromatic carbocycles. The molecular weight excluding hydrogens is 188 g/mol. The summed E-state index contributed by atoms with van der Waals surface area (Å²) in [4.78, 5) is 13.6. The number of carbonyl (C=O) groups is 1. The highest BCUT2D eigenvalue weighted by Gasteiger charge is 2.29. The van der Waals surface area contributed by atoms with Gasteiger partial charge in [0.05, 0.1) is 6.04 Å². The first-order chi connectivity index (χ1) is 6.80. The van der Waals surface area contributed by atoms with Crippen molar-refractivity contribution >= 4 is 5.91 Å². The van der Waals surface area contributed by atoms with Crippen LogP contribution in [0.3, 0.4) is 0 Å². The maximum atomic E-state index is 11.9. The summed E-state index contributed by atoms with van der Waals surface area (Å²) in [7, 11) is 1.80. The summed E-state index contributed by atoms with van der Waals surface area (Å²) in [5.74, 6) is 0.0200. The Morgan fingerprint density at radius 3 is 2.47 bits per heavy atom. The molecule has 0 aromatic heterocycles. The van der Waals surface area contributed by atoms with Crippen LogP contribution in [0.1, 0.15) is 33.6 Å². The van der Waals surface area contributed by atoms with E-state index in [9.17, 15) is 4.79 Å². The Morgan fingerprint density at radius 2 is 2.07 bits per heavy atom. The average Bonchev–Trinajstić information content (AvgIpc) is 2.14. The van der Waals surface area contributed by atoms with Crippen molar-refractivity contribution in [3.63, 3.8) is 0 Å². The quantitative estimate of drug-likeness (QED) is 0.558. The van der Waals surface area contributed by atoms with E-state index in [0.717, 1.165) is 19.4 Å². The maximum Gasteiger partial charge on any atom is 0.239 e. The molecule has 1 amide bonds. The van der Waals surface area contributed by atoms with Crippen LogP contribution in [0.15, 0.2) is 12.7 Å². The molecule has 0 fully saturated rings. The van der Waals surface area contributed by atoms with Crippen molar-refractivity contribution in [2.75, 3.05) is 13.6 Å². The van der Waals surface area contributed by atoms with Gasteiger partial charge in [-0.1, -0.05) is 26.8 Å². The standard InChI is InChI=1S/C12H24N2O/c1-6-7-8-9-14(5)11(15)10(13)12(2,3)4/h6,10H,1,7-9,13H2,2-5H3/t10-/m1/s1. The summed E-state index contributed by atoms with van der Waals surface area (Å²) >= 11 is 0. The Kier molecular flexibility index (Phi) is 5.58. The first kappa shape index (κ1) is 14.2. The average molecular weight is 212 g/mol. The van der Waals surface area contributed by atoms with E-state index in [4.69, 9.17) is 5.73 Å². The molecular formula is C12H24N2O. The molecule has 0 bridgehead atoms. The van der Waals surface area contributed by atoms with Gasteiger partial charge in [0, 0.05) is 13.6 Å². The number of nitrogens with zero attached hydrogens (tertiary/aromatic N) is 1. The molecule has 88 valence electrons. The van der Waals surface area contributed by atoms with E-state index in [1.165, 1.54) is 0 Å². The topological polar surface area (TPSA) is 46.3 Å². The molecule has 0 aliphatic rings. The minimum Gasteiger partial charge on any atom is -0.344 e. The Labute approximate surface area is 93.3 Å². The lowest BCUT2D eigenvalue weighted by molar-refractivity contribution is -0.133. The van der Waals surface area contributed by atoms with E-state index in [1.54, 1.807) is 11.9 Å². The largest absolute Gasteiger partial charge is 0.344 e. The number of amides is 1. The summed E-state index contributed by atoms with van der Waals surface area (Å²) in [6, 6.07) is -0.425. The molecule has 0 unspecified atom stereocenters. The second-order valence-electron chi connectivity index (χ2n) is 5.03. The molecule has 15 heavy (non-hydrogen) atoms. The number of carbonyl (C=O) groups excluding carboxylic acids is 1. The van der Waals surface area contributed by atoms with Gasteiger partial charge in [0.15, 0.2) is 0 Å². The molecule has 0 aromatic rings. The van der Waals surface area contributed by atoms with Gasteiger partial charge in [-0.05, 0) is 18.3 Å². The van der Waals surface area contributed by atoms with Crippen LogP contribution in [0.5, 0.6) is 0 Å². The van der Waals surface area contributed by atoms with E-state index in [1.807, 2.05) is 26.8 Å². The lowest BCUT2D eigenvalue weighted by Crippen LogP contribution is -2.49. The highest BCUT2D eigenvalue weighted by atomic mass is 16.2. The zero-order chi connectivity index (χ0) is 12.1.